The zero-order valence-corrected chi connectivity index (χ0v) is 17.8. The Kier molecular flexibility index (Phi) is 10.0. The maximum Gasteiger partial charge on any atom is 0.136 e. The smallest absolute Gasteiger partial charge is 0.136 e. The first kappa shape index (κ1) is 22.4. The number of nitrogens with zero attached hydrogens (tertiary/aromatic N) is 1. The van der Waals surface area contributed by atoms with Crippen LogP contribution in [0.2, 0.25) is 0 Å². The van der Waals surface area contributed by atoms with Crippen molar-refractivity contribution in [3.8, 4) is 17.0 Å². The standard InChI is InChI=1S/C25H36FNO/c1-4-6-8-10-12-20(3)28-22-15-16-23(24(26)18-22)25-17-14-21(19-27-25)13-11-9-7-5-2/h14-20H,4-13H2,1-3H3/t20-/m0/s1. The molecule has 1 aromatic carbocycles. The van der Waals surface area contributed by atoms with Gasteiger partial charge in [-0.3, -0.25) is 4.98 Å². The highest BCUT2D eigenvalue weighted by Crippen LogP contribution is 2.26. The Morgan fingerprint density at radius 1 is 0.929 bits per heavy atom. The van der Waals surface area contributed by atoms with E-state index in [4.69, 9.17) is 4.74 Å². The number of hydrogen-bond donors (Lipinski definition) is 0. The van der Waals surface area contributed by atoms with Gasteiger partial charge in [-0.05, 0) is 56.4 Å². The summed E-state index contributed by atoms with van der Waals surface area (Å²) in [6.45, 7) is 6.48. The Morgan fingerprint density at radius 3 is 2.32 bits per heavy atom. The van der Waals surface area contributed by atoms with E-state index in [1.807, 2.05) is 18.3 Å². The number of ether oxygens (including phenoxy) is 1. The van der Waals surface area contributed by atoms with Crippen molar-refractivity contribution in [2.45, 2.75) is 91.1 Å². The van der Waals surface area contributed by atoms with Crippen LogP contribution in [-0.4, -0.2) is 11.1 Å². The molecule has 2 rings (SSSR count). The highest BCUT2D eigenvalue weighted by atomic mass is 19.1. The van der Waals surface area contributed by atoms with E-state index in [1.165, 1.54) is 56.6 Å². The number of pyridine rings is 1. The van der Waals surface area contributed by atoms with Crippen molar-refractivity contribution >= 4 is 0 Å². The molecule has 28 heavy (non-hydrogen) atoms. The minimum atomic E-state index is -0.279. The maximum atomic E-state index is 14.6. The molecular weight excluding hydrogens is 349 g/mol. The molecule has 0 saturated carbocycles. The molecule has 1 aromatic heterocycles. The quantitative estimate of drug-likeness (QED) is 0.329. The predicted octanol–water partition coefficient (Wildman–Crippen LogP) is 7.75. The molecule has 0 aliphatic carbocycles. The van der Waals surface area contributed by atoms with Crippen LogP contribution in [-0.2, 0) is 6.42 Å². The van der Waals surface area contributed by atoms with E-state index in [0.717, 1.165) is 19.3 Å². The van der Waals surface area contributed by atoms with Crippen LogP contribution in [0.1, 0.15) is 84.1 Å². The average molecular weight is 386 g/mol. The van der Waals surface area contributed by atoms with Gasteiger partial charge < -0.3 is 4.74 Å². The Labute approximate surface area is 170 Å². The van der Waals surface area contributed by atoms with Gasteiger partial charge in [0.15, 0.2) is 0 Å². The molecule has 3 heteroatoms. The highest BCUT2D eigenvalue weighted by molar-refractivity contribution is 5.61. The third kappa shape index (κ3) is 7.61. The van der Waals surface area contributed by atoms with Crippen molar-refractivity contribution in [2.75, 3.05) is 0 Å². The van der Waals surface area contributed by atoms with E-state index in [9.17, 15) is 4.39 Å². The summed E-state index contributed by atoms with van der Waals surface area (Å²) in [5, 5.41) is 0. The molecule has 2 aromatic rings. The maximum absolute atomic E-state index is 14.6. The lowest BCUT2D eigenvalue weighted by molar-refractivity contribution is 0.205. The molecule has 0 amide bonds. The summed E-state index contributed by atoms with van der Waals surface area (Å²) in [7, 11) is 0. The molecule has 0 aliphatic rings. The third-order valence-corrected chi connectivity index (χ3v) is 5.16. The fourth-order valence-corrected chi connectivity index (χ4v) is 3.41. The summed E-state index contributed by atoms with van der Waals surface area (Å²) in [6.07, 6.45) is 13.9. The van der Waals surface area contributed by atoms with Crippen LogP contribution in [0.15, 0.2) is 36.5 Å². The average Bonchev–Trinajstić information content (AvgIpc) is 2.69. The molecule has 0 N–H and O–H groups in total. The zero-order valence-electron chi connectivity index (χ0n) is 17.8. The van der Waals surface area contributed by atoms with Crippen molar-refractivity contribution in [3.05, 3.63) is 47.9 Å². The van der Waals surface area contributed by atoms with Crippen LogP contribution in [0.4, 0.5) is 4.39 Å². The highest BCUT2D eigenvalue weighted by Gasteiger charge is 2.10. The monoisotopic (exact) mass is 385 g/mol. The molecule has 0 unspecified atom stereocenters. The summed E-state index contributed by atoms with van der Waals surface area (Å²) in [6, 6.07) is 9.10. The molecule has 0 spiro atoms. The van der Waals surface area contributed by atoms with E-state index in [1.54, 1.807) is 6.07 Å². The third-order valence-electron chi connectivity index (χ3n) is 5.16. The van der Waals surface area contributed by atoms with Gasteiger partial charge in [0.25, 0.3) is 0 Å². The van der Waals surface area contributed by atoms with Crippen LogP contribution in [0.5, 0.6) is 5.75 Å². The van der Waals surface area contributed by atoms with Crippen LogP contribution >= 0.6 is 0 Å². The Balaban J connectivity index is 1.90. The second kappa shape index (κ2) is 12.5. The first-order valence-corrected chi connectivity index (χ1v) is 11.1. The van der Waals surface area contributed by atoms with E-state index in [0.29, 0.717) is 17.0 Å². The van der Waals surface area contributed by atoms with Gasteiger partial charge >= 0.3 is 0 Å². The molecule has 1 heterocycles. The van der Waals surface area contributed by atoms with E-state index in [-0.39, 0.29) is 11.9 Å². The van der Waals surface area contributed by atoms with E-state index >= 15 is 0 Å². The lowest BCUT2D eigenvalue weighted by Gasteiger charge is -2.15. The summed E-state index contributed by atoms with van der Waals surface area (Å²) in [5.74, 6) is 0.315. The van der Waals surface area contributed by atoms with E-state index < -0.39 is 0 Å². The second-order valence-electron chi connectivity index (χ2n) is 7.78. The van der Waals surface area contributed by atoms with Crippen molar-refractivity contribution in [1.29, 1.82) is 0 Å². The molecule has 0 radical (unpaired) electrons. The van der Waals surface area contributed by atoms with Gasteiger partial charge in [-0.2, -0.15) is 0 Å². The van der Waals surface area contributed by atoms with Gasteiger partial charge in [-0.15, -0.1) is 0 Å². The number of unbranched alkanes of at least 4 members (excludes halogenated alkanes) is 6. The largest absolute Gasteiger partial charge is 0.491 e. The molecule has 1 atom stereocenters. The van der Waals surface area contributed by atoms with Gasteiger partial charge in [0.2, 0.25) is 0 Å². The number of aromatic nitrogens is 1. The van der Waals surface area contributed by atoms with Crippen molar-refractivity contribution < 1.29 is 9.13 Å². The summed E-state index contributed by atoms with van der Waals surface area (Å²) >= 11 is 0. The minimum Gasteiger partial charge on any atom is -0.491 e. The molecular formula is C25H36FNO. The molecule has 0 bridgehead atoms. The summed E-state index contributed by atoms with van der Waals surface area (Å²) < 4.78 is 20.5. The molecule has 2 nitrogen and oxygen atoms in total. The normalized spacial score (nSPS) is 12.1. The van der Waals surface area contributed by atoms with Gasteiger partial charge in [0.05, 0.1) is 11.8 Å². The summed E-state index contributed by atoms with van der Waals surface area (Å²) in [5.41, 5.74) is 2.42. The number of aryl methyl sites for hydroxylation is 1. The first-order valence-electron chi connectivity index (χ1n) is 11.1. The number of rotatable bonds is 13. The van der Waals surface area contributed by atoms with Crippen molar-refractivity contribution in [2.24, 2.45) is 0 Å². The second-order valence-corrected chi connectivity index (χ2v) is 7.78. The first-order chi connectivity index (χ1) is 13.6. The zero-order chi connectivity index (χ0) is 20.2. The van der Waals surface area contributed by atoms with Crippen LogP contribution in [0, 0.1) is 5.82 Å². The van der Waals surface area contributed by atoms with E-state index in [2.05, 4.69) is 31.8 Å². The molecule has 154 valence electrons. The SMILES string of the molecule is CCCCCCc1ccc(-c2ccc(O[C@@H](C)CCCCCC)cc2F)nc1. The molecule has 0 fully saturated rings. The van der Waals surface area contributed by atoms with Crippen molar-refractivity contribution in [3.63, 3.8) is 0 Å². The molecule has 0 aliphatic heterocycles. The Bertz CT molecular complexity index is 683. The van der Waals surface area contributed by atoms with Crippen molar-refractivity contribution in [1.82, 2.24) is 4.98 Å². The number of benzene rings is 1. The fraction of sp³-hybridized carbons (Fsp3) is 0.560. The number of halogens is 1. The van der Waals surface area contributed by atoms with Crippen LogP contribution in [0.25, 0.3) is 11.3 Å². The van der Waals surface area contributed by atoms with Crippen LogP contribution < -0.4 is 4.74 Å². The summed E-state index contributed by atoms with van der Waals surface area (Å²) in [4.78, 5) is 4.48. The number of hydrogen-bond acceptors (Lipinski definition) is 2. The topological polar surface area (TPSA) is 22.1 Å². The van der Waals surface area contributed by atoms with Gasteiger partial charge in [0, 0.05) is 17.8 Å². The van der Waals surface area contributed by atoms with Gasteiger partial charge in [0.1, 0.15) is 11.6 Å². The molecule has 0 saturated heterocycles. The fourth-order valence-electron chi connectivity index (χ4n) is 3.41. The van der Waals surface area contributed by atoms with Gasteiger partial charge in [-0.25, -0.2) is 4.39 Å². The Hall–Kier alpha value is -1.90. The van der Waals surface area contributed by atoms with Gasteiger partial charge in [-0.1, -0.05) is 58.4 Å². The predicted molar refractivity (Wildman–Crippen MR) is 116 cm³/mol. The Morgan fingerprint density at radius 2 is 1.68 bits per heavy atom. The lowest BCUT2D eigenvalue weighted by atomic mass is 10.1. The minimum absolute atomic E-state index is 0.104. The van der Waals surface area contributed by atoms with Crippen LogP contribution in [0.3, 0.4) is 0 Å². The lowest BCUT2D eigenvalue weighted by Crippen LogP contribution is -2.11.